The van der Waals surface area contributed by atoms with Gasteiger partial charge in [-0.15, -0.1) is 0 Å². The van der Waals surface area contributed by atoms with E-state index in [0.29, 0.717) is 10.7 Å². The second-order valence-corrected chi connectivity index (χ2v) is 4.35. The molecular weight excluding hydrogens is 280 g/mol. The van der Waals surface area contributed by atoms with E-state index in [1.165, 1.54) is 25.0 Å². The smallest absolute Gasteiger partial charge is 0.274 e. The van der Waals surface area contributed by atoms with Gasteiger partial charge in [-0.3, -0.25) is 9.63 Å². The maximum Gasteiger partial charge on any atom is 0.281 e. The zero-order chi connectivity index (χ0) is 14.7. The summed E-state index contributed by atoms with van der Waals surface area (Å²) in [6, 6.07) is 8.83. The monoisotopic (exact) mass is 290 g/mol. The summed E-state index contributed by atoms with van der Waals surface area (Å²) < 4.78 is 1.43. The van der Waals surface area contributed by atoms with Crippen LogP contribution >= 0.6 is 11.6 Å². The number of carbonyl (C=O) groups is 1. The first kappa shape index (κ1) is 14.1. The quantitative estimate of drug-likeness (QED) is 0.811. The van der Waals surface area contributed by atoms with Gasteiger partial charge >= 0.3 is 0 Å². The van der Waals surface area contributed by atoms with Gasteiger partial charge in [-0.05, 0) is 18.2 Å². The molecule has 0 aliphatic heterocycles. The van der Waals surface area contributed by atoms with Crippen molar-refractivity contribution >= 4 is 17.5 Å². The fraction of sp³-hybridized carbons (Fsp3) is 0.154. The van der Waals surface area contributed by atoms with Crippen LogP contribution in [0.25, 0.3) is 5.69 Å². The highest BCUT2D eigenvalue weighted by atomic mass is 35.5. The Morgan fingerprint density at radius 3 is 2.90 bits per heavy atom. The summed E-state index contributed by atoms with van der Waals surface area (Å²) in [5.41, 5.74) is 0.851. The lowest BCUT2D eigenvalue weighted by atomic mass is 10.2. The van der Waals surface area contributed by atoms with E-state index in [-0.39, 0.29) is 11.3 Å². The maximum absolute atomic E-state index is 12.0. The Hall–Kier alpha value is -2.36. The van der Waals surface area contributed by atoms with Crippen LogP contribution in [0.1, 0.15) is 16.1 Å². The van der Waals surface area contributed by atoms with E-state index in [1.54, 1.807) is 24.3 Å². The van der Waals surface area contributed by atoms with Gasteiger partial charge in [0.2, 0.25) is 0 Å². The van der Waals surface area contributed by atoms with Crippen LogP contribution in [0.4, 0.5) is 0 Å². The largest absolute Gasteiger partial charge is 0.281 e. The van der Waals surface area contributed by atoms with Gasteiger partial charge in [0, 0.05) is 18.3 Å². The molecule has 20 heavy (non-hydrogen) atoms. The van der Waals surface area contributed by atoms with E-state index in [4.69, 9.17) is 21.7 Å². The molecule has 1 aromatic carbocycles. The highest BCUT2D eigenvalue weighted by Crippen LogP contribution is 2.17. The Kier molecular flexibility index (Phi) is 4.03. The lowest BCUT2D eigenvalue weighted by Crippen LogP contribution is -2.25. The molecular formula is C13H11ClN4O2. The van der Waals surface area contributed by atoms with Crippen molar-refractivity contribution in [1.82, 2.24) is 14.8 Å². The third-order valence-electron chi connectivity index (χ3n) is 2.68. The second-order valence-electron chi connectivity index (χ2n) is 3.91. The summed E-state index contributed by atoms with van der Waals surface area (Å²) in [6.07, 6.45) is 1.47. The molecule has 0 radical (unpaired) electrons. The van der Waals surface area contributed by atoms with Crippen molar-refractivity contribution < 1.29 is 9.63 Å². The van der Waals surface area contributed by atoms with Gasteiger partial charge in [-0.1, -0.05) is 17.7 Å². The molecule has 7 heteroatoms. The topological polar surface area (TPSA) is 71.2 Å². The number of halogens is 1. The molecule has 2 rings (SSSR count). The number of hydrogen-bond acceptors (Lipinski definition) is 4. The summed E-state index contributed by atoms with van der Waals surface area (Å²) in [5.74, 6) is -0.447. The molecule has 0 bridgehead atoms. The molecule has 102 valence electrons. The van der Waals surface area contributed by atoms with Crippen LogP contribution in [0.3, 0.4) is 0 Å². The number of hydroxylamine groups is 2. The van der Waals surface area contributed by atoms with Crippen molar-refractivity contribution in [3.63, 3.8) is 0 Å². The van der Waals surface area contributed by atoms with E-state index < -0.39 is 5.91 Å². The Bertz CT molecular complexity index is 690. The lowest BCUT2D eigenvalue weighted by molar-refractivity contribution is -0.0757. The average molecular weight is 291 g/mol. The summed E-state index contributed by atoms with van der Waals surface area (Å²) in [5, 5.41) is 14.7. The highest BCUT2D eigenvalue weighted by molar-refractivity contribution is 6.30. The van der Waals surface area contributed by atoms with E-state index >= 15 is 0 Å². The number of nitrogens with zero attached hydrogens (tertiary/aromatic N) is 4. The van der Waals surface area contributed by atoms with Crippen LogP contribution in [0.15, 0.2) is 30.5 Å². The minimum Gasteiger partial charge on any atom is -0.274 e. The minimum absolute atomic E-state index is 0.0267. The number of rotatable bonds is 3. The third-order valence-corrected chi connectivity index (χ3v) is 2.92. The van der Waals surface area contributed by atoms with Crippen LogP contribution in [0.2, 0.25) is 5.02 Å². The summed E-state index contributed by atoms with van der Waals surface area (Å²) in [6.45, 7) is 0. The number of nitriles is 1. The van der Waals surface area contributed by atoms with Crippen molar-refractivity contribution in [2.45, 2.75) is 0 Å². The molecule has 0 aliphatic rings. The van der Waals surface area contributed by atoms with Gasteiger partial charge < -0.3 is 0 Å². The fourth-order valence-electron chi connectivity index (χ4n) is 1.62. The van der Waals surface area contributed by atoms with Crippen LogP contribution in [-0.4, -0.2) is 34.9 Å². The molecule has 2 aromatic rings. The molecule has 1 aromatic heterocycles. The van der Waals surface area contributed by atoms with E-state index in [1.807, 2.05) is 6.07 Å². The molecule has 0 spiro atoms. The molecule has 0 saturated heterocycles. The van der Waals surface area contributed by atoms with Crippen molar-refractivity contribution in [3.05, 3.63) is 46.7 Å². The number of benzene rings is 1. The predicted octanol–water partition coefficient (Wildman–Crippen LogP) is 2.03. The fourth-order valence-corrected chi connectivity index (χ4v) is 1.80. The summed E-state index contributed by atoms with van der Waals surface area (Å²) in [7, 11) is 2.82. The first-order chi connectivity index (χ1) is 9.56. The maximum atomic E-state index is 12.0. The van der Waals surface area contributed by atoms with Crippen LogP contribution < -0.4 is 0 Å². The second kappa shape index (κ2) is 5.74. The Morgan fingerprint density at radius 2 is 2.30 bits per heavy atom. The van der Waals surface area contributed by atoms with Crippen molar-refractivity contribution in [2.24, 2.45) is 0 Å². The van der Waals surface area contributed by atoms with E-state index in [9.17, 15) is 4.79 Å². The lowest BCUT2D eigenvalue weighted by Gasteiger charge is -2.11. The van der Waals surface area contributed by atoms with Crippen LogP contribution in [0.5, 0.6) is 0 Å². The summed E-state index contributed by atoms with van der Waals surface area (Å²) in [4.78, 5) is 16.9. The normalized spacial score (nSPS) is 10.1. The van der Waals surface area contributed by atoms with Crippen LogP contribution in [-0.2, 0) is 4.84 Å². The van der Waals surface area contributed by atoms with Crippen molar-refractivity contribution in [3.8, 4) is 11.8 Å². The SMILES string of the molecule is CON(C)C(=O)c1cn(-c2cccc(Cl)c2)nc1C#N. The van der Waals surface area contributed by atoms with E-state index in [2.05, 4.69) is 5.10 Å². The zero-order valence-electron chi connectivity index (χ0n) is 10.9. The van der Waals surface area contributed by atoms with Gasteiger partial charge in [0.05, 0.1) is 18.4 Å². The summed E-state index contributed by atoms with van der Waals surface area (Å²) >= 11 is 5.91. The standard InChI is InChI=1S/C13H11ClN4O2/c1-17(20-2)13(19)11-8-18(16-12(11)7-15)10-5-3-4-9(14)6-10/h3-6,8H,1-2H3. The number of aromatic nitrogens is 2. The van der Waals surface area contributed by atoms with Gasteiger partial charge in [-0.25, -0.2) is 9.75 Å². The molecule has 0 unspecified atom stereocenters. The number of hydrogen-bond donors (Lipinski definition) is 0. The highest BCUT2D eigenvalue weighted by Gasteiger charge is 2.20. The Balaban J connectivity index is 2.47. The van der Waals surface area contributed by atoms with Crippen LogP contribution in [0, 0.1) is 11.3 Å². The Labute approximate surface area is 120 Å². The van der Waals surface area contributed by atoms with Gasteiger partial charge in [0.1, 0.15) is 6.07 Å². The molecule has 0 N–H and O–H groups in total. The Morgan fingerprint density at radius 1 is 1.55 bits per heavy atom. The number of carbonyl (C=O) groups excluding carboxylic acids is 1. The third kappa shape index (κ3) is 2.64. The van der Waals surface area contributed by atoms with Gasteiger partial charge in [-0.2, -0.15) is 10.4 Å². The van der Waals surface area contributed by atoms with E-state index in [0.717, 1.165) is 5.06 Å². The van der Waals surface area contributed by atoms with Crippen molar-refractivity contribution in [1.29, 1.82) is 5.26 Å². The molecule has 0 saturated carbocycles. The average Bonchev–Trinajstić information content (AvgIpc) is 2.89. The molecule has 6 nitrogen and oxygen atoms in total. The zero-order valence-corrected chi connectivity index (χ0v) is 11.6. The first-order valence-electron chi connectivity index (χ1n) is 5.64. The van der Waals surface area contributed by atoms with Gasteiger partial charge in [0.15, 0.2) is 5.69 Å². The van der Waals surface area contributed by atoms with Gasteiger partial charge in [0.25, 0.3) is 5.91 Å². The molecule has 1 amide bonds. The number of amides is 1. The first-order valence-corrected chi connectivity index (χ1v) is 6.02. The molecule has 0 atom stereocenters. The minimum atomic E-state index is -0.447. The molecule has 0 fully saturated rings. The molecule has 1 heterocycles. The van der Waals surface area contributed by atoms with Crippen molar-refractivity contribution in [2.75, 3.05) is 14.2 Å². The molecule has 0 aliphatic carbocycles. The predicted molar refractivity (Wildman–Crippen MR) is 72.4 cm³/mol.